The van der Waals surface area contributed by atoms with Crippen LogP contribution in [-0.4, -0.2) is 43.7 Å². The predicted octanol–water partition coefficient (Wildman–Crippen LogP) is 1.24. The Morgan fingerprint density at radius 1 is 1.42 bits per heavy atom. The van der Waals surface area contributed by atoms with Crippen molar-refractivity contribution in [2.75, 3.05) is 43.9 Å². The molecule has 0 spiro atoms. The smallest absolute Gasteiger partial charge is 0.224 e. The largest absolute Gasteiger partial charge is 0.399 e. The maximum Gasteiger partial charge on any atom is 0.224 e. The molecule has 0 saturated carbocycles. The van der Waals surface area contributed by atoms with Gasteiger partial charge < -0.3 is 20.7 Å². The van der Waals surface area contributed by atoms with Gasteiger partial charge >= 0.3 is 0 Å². The topological polar surface area (TPSA) is 67.6 Å². The Balaban J connectivity index is 1.79. The van der Waals surface area contributed by atoms with Gasteiger partial charge in [0.15, 0.2) is 0 Å². The highest BCUT2D eigenvalue weighted by molar-refractivity contribution is 5.77. The molecular formula is C14H21N3O2. The summed E-state index contributed by atoms with van der Waals surface area (Å²) in [6.45, 7) is 5.35. The first-order chi connectivity index (χ1) is 9.16. The highest BCUT2D eigenvalue weighted by Gasteiger charge is 2.15. The average molecular weight is 263 g/mol. The molecule has 5 nitrogen and oxygen atoms in total. The number of nitrogens with two attached hydrogens (primary N) is 1. The number of nitrogen functional groups attached to an aromatic ring is 1. The third-order valence-electron chi connectivity index (χ3n) is 3.28. The molecule has 1 aromatic rings. The average Bonchev–Trinajstić information content (AvgIpc) is 2.43. The first-order valence-electron chi connectivity index (χ1n) is 6.62. The number of amides is 1. The third-order valence-corrected chi connectivity index (χ3v) is 3.28. The Kier molecular flexibility index (Phi) is 4.63. The van der Waals surface area contributed by atoms with E-state index in [1.807, 2.05) is 30.0 Å². The van der Waals surface area contributed by atoms with Crippen LogP contribution < -0.4 is 11.1 Å². The van der Waals surface area contributed by atoms with Crippen molar-refractivity contribution >= 4 is 17.3 Å². The quantitative estimate of drug-likeness (QED) is 0.802. The molecule has 1 amide bonds. The fourth-order valence-electron chi connectivity index (χ4n) is 2.11. The highest BCUT2D eigenvalue weighted by atomic mass is 16.5. The summed E-state index contributed by atoms with van der Waals surface area (Å²) in [5.41, 5.74) is 8.60. The molecular weight excluding hydrogens is 242 g/mol. The van der Waals surface area contributed by atoms with E-state index in [1.165, 1.54) is 0 Å². The second kappa shape index (κ2) is 6.43. The van der Waals surface area contributed by atoms with Crippen molar-refractivity contribution in [2.45, 2.75) is 13.3 Å². The number of anilines is 2. The maximum absolute atomic E-state index is 11.9. The number of hydrogen-bond acceptors (Lipinski definition) is 4. The Hall–Kier alpha value is -1.75. The van der Waals surface area contributed by atoms with Crippen LogP contribution in [0.4, 0.5) is 11.4 Å². The van der Waals surface area contributed by atoms with Crippen molar-refractivity contribution in [3.63, 3.8) is 0 Å². The lowest BCUT2D eigenvalue weighted by atomic mass is 10.2. The van der Waals surface area contributed by atoms with Crippen LogP contribution in [0.25, 0.3) is 0 Å². The molecule has 2 rings (SSSR count). The molecule has 1 aliphatic rings. The normalized spacial score (nSPS) is 15.3. The highest BCUT2D eigenvalue weighted by Crippen LogP contribution is 2.17. The number of nitrogens with zero attached hydrogens (tertiary/aromatic N) is 1. The minimum atomic E-state index is 0.178. The van der Waals surface area contributed by atoms with Gasteiger partial charge in [-0.3, -0.25) is 4.79 Å². The molecule has 0 bridgehead atoms. The van der Waals surface area contributed by atoms with Crippen molar-refractivity contribution in [3.05, 3.63) is 23.8 Å². The molecule has 0 aliphatic carbocycles. The van der Waals surface area contributed by atoms with E-state index in [4.69, 9.17) is 10.5 Å². The molecule has 3 N–H and O–H groups in total. The van der Waals surface area contributed by atoms with Crippen LogP contribution in [0.15, 0.2) is 18.2 Å². The summed E-state index contributed by atoms with van der Waals surface area (Å²) in [5.74, 6) is 0.178. The Morgan fingerprint density at radius 2 is 2.16 bits per heavy atom. The van der Waals surface area contributed by atoms with E-state index in [0.717, 1.165) is 16.9 Å². The van der Waals surface area contributed by atoms with Gasteiger partial charge in [-0.05, 0) is 24.6 Å². The van der Waals surface area contributed by atoms with E-state index in [2.05, 4.69) is 5.32 Å². The summed E-state index contributed by atoms with van der Waals surface area (Å²) in [6.07, 6.45) is 0.494. The van der Waals surface area contributed by atoms with Crippen LogP contribution in [0.1, 0.15) is 12.0 Å². The van der Waals surface area contributed by atoms with Crippen molar-refractivity contribution in [1.29, 1.82) is 0 Å². The molecule has 0 atom stereocenters. The minimum absolute atomic E-state index is 0.178. The van der Waals surface area contributed by atoms with Gasteiger partial charge in [0.05, 0.1) is 13.2 Å². The first kappa shape index (κ1) is 13.7. The molecule has 1 fully saturated rings. The van der Waals surface area contributed by atoms with Gasteiger partial charge in [0.25, 0.3) is 0 Å². The maximum atomic E-state index is 11.9. The molecule has 1 heterocycles. The number of nitrogens with one attached hydrogen (secondary N) is 1. The monoisotopic (exact) mass is 263 g/mol. The summed E-state index contributed by atoms with van der Waals surface area (Å²) in [4.78, 5) is 13.8. The lowest BCUT2D eigenvalue weighted by Crippen LogP contribution is -2.41. The van der Waals surface area contributed by atoms with Gasteiger partial charge in [0.1, 0.15) is 0 Å². The molecule has 0 unspecified atom stereocenters. The van der Waals surface area contributed by atoms with Crippen molar-refractivity contribution in [1.82, 2.24) is 4.90 Å². The number of hydrogen-bond donors (Lipinski definition) is 2. The van der Waals surface area contributed by atoms with E-state index >= 15 is 0 Å². The Bertz CT molecular complexity index is 442. The van der Waals surface area contributed by atoms with E-state index < -0.39 is 0 Å². The number of morpholine rings is 1. The summed E-state index contributed by atoms with van der Waals surface area (Å²) < 4.78 is 5.23. The van der Waals surface area contributed by atoms with Crippen molar-refractivity contribution in [3.8, 4) is 0 Å². The van der Waals surface area contributed by atoms with Crippen LogP contribution in [-0.2, 0) is 9.53 Å². The van der Waals surface area contributed by atoms with Crippen LogP contribution in [0.3, 0.4) is 0 Å². The van der Waals surface area contributed by atoms with Gasteiger partial charge in [0.2, 0.25) is 5.91 Å². The number of ether oxygens (including phenoxy) is 1. The van der Waals surface area contributed by atoms with Crippen LogP contribution >= 0.6 is 0 Å². The minimum Gasteiger partial charge on any atom is -0.399 e. The van der Waals surface area contributed by atoms with Crippen molar-refractivity contribution in [2.24, 2.45) is 0 Å². The second-order valence-corrected chi connectivity index (χ2v) is 4.74. The number of rotatable bonds is 4. The summed E-state index contributed by atoms with van der Waals surface area (Å²) >= 11 is 0. The SMILES string of the molecule is Cc1ccc(N)cc1NCCC(=O)N1CCOCC1. The molecule has 5 heteroatoms. The predicted molar refractivity (Wildman–Crippen MR) is 76.1 cm³/mol. The van der Waals surface area contributed by atoms with Gasteiger partial charge in [-0.25, -0.2) is 0 Å². The number of carbonyl (C=O) groups excluding carboxylic acids is 1. The van der Waals surface area contributed by atoms with Gasteiger partial charge in [-0.2, -0.15) is 0 Å². The van der Waals surface area contributed by atoms with E-state index in [1.54, 1.807) is 0 Å². The fraction of sp³-hybridized carbons (Fsp3) is 0.500. The zero-order valence-corrected chi connectivity index (χ0v) is 11.3. The van der Waals surface area contributed by atoms with Gasteiger partial charge in [-0.1, -0.05) is 6.07 Å². The zero-order chi connectivity index (χ0) is 13.7. The van der Waals surface area contributed by atoms with E-state index in [0.29, 0.717) is 39.3 Å². The lowest BCUT2D eigenvalue weighted by molar-refractivity contribution is -0.134. The standard InChI is InChI=1S/C14H21N3O2/c1-11-2-3-12(15)10-13(11)16-5-4-14(18)17-6-8-19-9-7-17/h2-3,10,16H,4-9,15H2,1H3. The van der Waals surface area contributed by atoms with Crippen molar-refractivity contribution < 1.29 is 9.53 Å². The fourth-order valence-corrected chi connectivity index (χ4v) is 2.11. The van der Waals surface area contributed by atoms with Crippen LogP contribution in [0, 0.1) is 6.92 Å². The molecule has 104 valence electrons. The zero-order valence-electron chi connectivity index (χ0n) is 11.3. The van der Waals surface area contributed by atoms with Gasteiger partial charge in [0, 0.05) is 37.4 Å². The summed E-state index contributed by atoms with van der Waals surface area (Å²) in [7, 11) is 0. The van der Waals surface area contributed by atoms with Crippen LogP contribution in [0.2, 0.25) is 0 Å². The molecule has 0 aromatic heterocycles. The molecule has 19 heavy (non-hydrogen) atoms. The second-order valence-electron chi connectivity index (χ2n) is 4.74. The number of benzene rings is 1. The number of carbonyl (C=O) groups is 1. The molecule has 1 saturated heterocycles. The first-order valence-corrected chi connectivity index (χ1v) is 6.62. The summed E-state index contributed by atoms with van der Waals surface area (Å²) in [5, 5.41) is 3.27. The van der Waals surface area contributed by atoms with E-state index in [9.17, 15) is 4.79 Å². The molecule has 1 aromatic carbocycles. The summed E-state index contributed by atoms with van der Waals surface area (Å²) in [6, 6.07) is 5.75. The lowest BCUT2D eigenvalue weighted by Gasteiger charge is -2.27. The third kappa shape index (κ3) is 3.86. The number of aryl methyl sites for hydroxylation is 1. The Labute approximate surface area is 113 Å². The molecule has 0 radical (unpaired) electrons. The van der Waals surface area contributed by atoms with Gasteiger partial charge in [-0.15, -0.1) is 0 Å². The molecule has 1 aliphatic heterocycles. The Morgan fingerprint density at radius 3 is 2.89 bits per heavy atom. The van der Waals surface area contributed by atoms with Crippen LogP contribution in [0.5, 0.6) is 0 Å². The van der Waals surface area contributed by atoms with E-state index in [-0.39, 0.29) is 5.91 Å².